The van der Waals surface area contributed by atoms with Gasteiger partial charge in [-0.3, -0.25) is 14.2 Å². The molecule has 0 saturated carbocycles. The van der Waals surface area contributed by atoms with Gasteiger partial charge in [0, 0.05) is 23.7 Å². The third-order valence-corrected chi connectivity index (χ3v) is 5.45. The van der Waals surface area contributed by atoms with Gasteiger partial charge in [-0.2, -0.15) is 13.2 Å². The van der Waals surface area contributed by atoms with Gasteiger partial charge < -0.3 is 20.6 Å². The molecule has 0 fully saturated rings. The molecule has 8 nitrogen and oxygen atoms in total. The summed E-state index contributed by atoms with van der Waals surface area (Å²) in [6.07, 6.45) is -2.41. The summed E-state index contributed by atoms with van der Waals surface area (Å²) in [4.78, 5) is 29.6. The first-order chi connectivity index (χ1) is 17.1. The van der Waals surface area contributed by atoms with Crippen LogP contribution in [0.15, 0.2) is 54.7 Å². The normalized spacial score (nSPS) is 13.8. The number of aryl methyl sites for hydroxylation is 1. The lowest BCUT2D eigenvalue weighted by atomic mass is 10.1. The maximum absolute atomic E-state index is 13.5. The number of rotatable bonds is 6. The van der Waals surface area contributed by atoms with Crippen molar-refractivity contribution in [2.75, 3.05) is 11.9 Å². The van der Waals surface area contributed by atoms with E-state index in [1.54, 1.807) is 16.7 Å². The first-order valence-corrected chi connectivity index (χ1v) is 10.7. The van der Waals surface area contributed by atoms with E-state index in [1.807, 2.05) is 31.2 Å². The van der Waals surface area contributed by atoms with E-state index in [4.69, 9.17) is 0 Å². The molecule has 2 amide bonds. The number of aliphatic hydroxyl groups excluding tert-OH is 1. The fraction of sp³-hybridized carbons (Fsp3) is 0.208. The van der Waals surface area contributed by atoms with E-state index in [2.05, 4.69) is 10.3 Å². The molecule has 0 spiro atoms. The molecule has 188 valence electrons. The van der Waals surface area contributed by atoms with Crippen LogP contribution in [-0.2, 0) is 16.1 Å². The monoisotopic (exact) mass is 503 g/mol. The summed E-state index contributed by atoms with van der Waals surface area (Å²) in [5, 5.41) is 14.2. The van der Waals surface area contributed by atoms with Crippen molar-refractivity contribution in [2.45, 2.75) is 25.7 Å². The van der Waals surface area contributed by atoms with Crippen LogP contribution in [0, 0.1) is 12.7 Å². The molecule has 1 aliphatic heterocycles. The Morgan fingerprint density at radius 3 is 2.36 bits per heavy atom. The van der Waals surface area contributed by atoms with Crippen LogP contribution in [-0.4, -0.2) is 50.2 Å². The molecular formula is C24H21F4N5O3. The van der Waals surface area contributed by atoms with E-state index >= 15 is 0 Å². The van der Waals surface area contributed by atoms with Crippen LogP contribution >= 0.6 is 0 Å². The highest BCUT2D eigenvalue weighted by molar-refractivity contribution is 5.91. The van der Waals surface area contributed by atoms with E-state index < -0.39 is 36.5 Å². The lowest BCUT2D eigenvalue weighted by molar-refractivity contribution is -0.175. The number of hydrogen-bond acceptors (Lipinski definition) is 5. The Bertz CT molecular complexity index is 1300. The van der Waals surface area contributed by atoms with Crippen molar-refractivity contribution in [1.82, 2.24) is 19.8 Å². The first-order valence-electron chi connectivity index (χ1n) is 10.7. The molecule has 1 aliphatic rings. The van der Waals surface area contributed by atoms with Gasteiger partial charge in [-0.15, -0.1) is 0 Å². The molecule has 12 heteroatoms. The van der Waals surface area contributed by atoms with Gasteiger partial charge in [-0.25, -0.2) is 9.37 Å². The van der Waals surface area contributed by atoms with E-state index in [9.17, 15) is 32.3 Å². The first kappa shape index (κ1) is 24.9. The number of carbonyl (C=O) groups excluding carboxylic acids is 2. The molecule has 2 aromatic carbocycles. The highest BCUT2D eigenvalue weighted by Gasteiger charge is 2.41. The SMILES string of the molecule is Cc1ccc(Nc2c(-c3ccc(F)cc3)nc3n2C=CN(C(=O)C(CO)NC(=O)C(F)(F)F)C3)cc1. The summed E-state index contributed by atoms with van der Waals surface area (Å²) < 4.78 is 53.0. The molecule has 3 N–H and O–H groups in total. The molecule has 0 radical (unpaired) electrons. The van der Waals surface area contributed by atoms with Gasteiger partial charge in [0.05, 0.1) is 13.2 Å². The van der Waals surface area contributed by atoms with E-state index in [0.29, 0.717) is 22.9 Å². The third-order valence-electron chi connectivity index (χ3n) is 5.45. The smallest absolute Gasteiger partial charge is 0.394 e. The summed E-state index contributed by atoms with van der Waals surface area (Å²) in [7, 11) is 0. The van der Waals surface area contributed by atoms with Crippen LogP contribution in [0.4, 0.5) is 29.1 Å². The number of amides is 2. The summed E-state index contributed by atoms with van der Waals surface area (Å²) in [6, 6.07) is 11.4. The number of nitrogens with one attached hydrogen (secondary N) is 2. The van der Waals surface area contributed by atoms with Crippen LogP contribution < -0.4 is 10.6 Å². The van der Waals surface area contributed by atoms with Crippen molar-refractivity contribution in [3.63, 3.8) is 0 Å². The minimum Gasteiger partial charge on any atom is -0.394 e. The molecule has 1 atom stereocenters. The Labute approximate surface area is 202 Å². The van der Waals surface area contributed by atoms with Crippen LogP contribution in [0.25, 0.3) is 17.5 Å². The predicted octanol–water partition coefficient (Wildman–Crippen LogP) is 3.55. The second-order valence-electron chi connectivity index (χ2n) is 8.06. The standard InChI is InChI=1S/C24H21F4N5O3/c1-14-2-8-17(9-3-14)29-21-20(15-4-6-16(25)7-5-15)31-19-12-32(10-11-33(19)21)22(35)18(13-34)30-23(36)24(26,27)28/h2-11,18,29,34H,12-13H2,1H3,(H,30,36). The zero-order valence-corrected chi connectivity index (χ0v) is 18.9. The second kappa shape index (κ2) is 9.82. The van der Waals surface area contributed by atoms with Gasteiger partial charge in [-0.05, 0) is 43.3 Å². The van der Waals surface area contributed by atoms with Crippen LogP contribution in [0.1, 0.15) is 11.4 Å². The largest absolute Gasteiger partial charge is 0.471 e. The number of alkyl halides is 3. The van der Waals surface area contributed by atoms with Crippen LogP contribution in [0.3, 0.4) is 0 Å². The van der Waals surface area contributed by atoms with Crippen molar-refractivity contribution >= 4 is 29.5 Å². The van der Waals surface area contributed by atoms with Crippen LogP contribution in [0.5, 0.6) is 0 Å². The highest BCUT2D eigenvalue weighted by Crippen LogP contribution is 2.33. The van der Waals surface area contributed by atoms with Crippen molar-refractivity contribution in [1.29, 1.82) is 0 Å². The van der Waals surface area contributed by atoms with Crippen LogP contribution in [0.2, 0.25) is 0 Å². The number of carbonyl (C=O) groups is 2. The molecule has 0 bridgehead atoms. The van der Waals surface area contributed by atoms with Gasteiger partial charge in [0.15, 0.2) is 0 Å². The number of aliphatic hydroxyl groups is 1. The van der Waals surface area contributed by atoms with Crippen molar-refractivity contribution < 1.29 is 32.3 Å². The second-order valence-corrected chi connectivity index (χ2v) is 8.06. The van der Waals surface area contributed by atoms with Crippen molar-refractivity contribution in [3.05, 3.63) is 71.9 Å². The molecular weight excluding hydrogens is 482 g/mol. The van der Waals surface area contributed by atoms with Gasteiger partial charge in [0.1, 0.15) is 29.2 Å². The number of anilines is 2. The summed E-state index contributed by atoms with van der Waals surface area (Å²) in [5.74, 6) is -2.84. The van der Waals surface area contributed by atoms with Crippen molar-refractivity contribution in [2.24, 2.45) is 0 Å². The zero-order valence-electron chi connectivity index (χ0n) is 18.9. The van der Waals surface area contributed by atoms with E-state index in [1.165, 1.54) is 29.8 Å². The Morgan fingerprint density at radius 2 is 1.75 bits per heavy atom. The van der Waals surface area contributed by atoms with Crippen molar-refractivity contribution in [3.8, 4) is 11.3 Å². The maximum Gasteiger partial charge on any atom is 0.471 e. The quantitative estimate of drug-likeness (QED) is 0.447. The molecule has 4 rings (SSSR count). The average molecular weight is 503 g/mol. The number of nitrogens with zero attached hydrogens (tertiary/aromatic N) is 3. The molecule has 0 aliphatic carbocycles. The van der Waals surface area contributed by atoms with Gasteiger partial charge in [-0.1, -0.05) is 17.7 Å². The molecule has 36 heavy (non-hydrogen) atoms. The average Bonchev–Trinajstić information content (AvgIpc) is 3.20. The topological polar surface area (TPSA) is 99.5 Å². The molecule has 0 saturated heterocycles. The number of imidazole rings is 1. The Balaban J connectivity index is 1.65. The Hall–Kier alpha value is -4.19. The molecule has 2 heterocycles. The molecule has 1 aromatic heterocycles. The minimum atomic E-state index is -5.21. The zero-order chi connectivity index (χ0) is 26.0. The van der Waals surface area contributed by atoms with E-state index in [-0.39, 0.29) is 6.54 Å². The lowest BCUT2D eigenvalue weighted by Gasteiger charge is -2.26. The number of hydrogen-bond donors (Lipinski definition) is 3. The summed E-state index contributed by atoms with van der Waals surface area (Å²) in [5.41, 5.74) is 2.84. The molecule has 1 unspecified atom stereocenters. The number of fused-ring (bicyclic) bond motifs is 1. The summed E-state index contributed by atoms with van der Waals surface area (Å²) >= 11 is 0. The highest BCUT2D eigenvalue weighted by atomic mass is 19.4. The number of benzene rings is 2. The Morgan fingerprint density at radius 1 is 1.08 bits per heavy atom. The number of halogens is 4. The Kier molecular flexibility index (Phi) is 6.80. The van der Waals surface area contributed by atoms with Gasteiger partial charge >= 0.3 is 12.1 Å². The maximum atomic E-state index is 13.5. The summed E-state index contributed by atoms with van der Waals surface area (Å²) in [6.45, 7) is 0.761. The van der Waals surface area contributed by atoms with Gasteiger partial charge in [0.2, 0.25) is 0 Å². The predicted molar refractivity (Wildman–Crippen MR) is 123 cm³/mol. The fourth-order valence-corrected chi connectivity index (χ4v) is 3.58. The van der Waals surface area contributed by atoms with E-state index in [0.717, 1.165) is 16.2 Å². The fourth-order valence-electron chi connectivity index (χ4n) is 3.58. The third kappa shape index (κ3) is 5.23. The van der Waals surface area contributed by atoms with Gasteiger partial charge in [0.25, 0.3) is 5.91 Å². The molecule has 3 aromatic rings. The lowest BCUT2D eigenvalue weighted by Crippen LogP contribution is -2.52. The number of aromatic nitrogens is 2. The minimum absolute atomic E-state index is 0.155.